The summed E-state index contributed by atoms with van der Waals surface area (Å²) in [5, 5.41) is 3.00. The van der Waals surface area contributed by atoms with Crippen molar-refractivity contribution in [1.29, 1.82) is 0 Å². The summed E-state index contributed by atoms with van der Waals surface area (Å²) < 4.78 is 7.16. The van der Waals surface area contributed by atoms with Crippen molar-refractivity contribution in [2.24, 2.45) is 0 Å². The number of nitrogens with zero attached hydrogens (tertiary/aromatic N) is 3. The lowest BCUT2D eigenvalue weighted by molar-refractivity contribution is -0.120. The molecule has 4 rings (SSSR count). The van der Waals surface area contributed by atoms with Crippen molar-refractivity contribution in [2.75, 3.05) is 13.7 Å². The quantitative estimate of drug-likeness (QED) is 0.656. The summed E-state index contributed by atoms with van der Waals surface area (Å²) in [6.45, 7) is 1.47. The summed E-state index contributed by atoms with van der Waals surface area (Å²) in [4.78, 5) is 31.5. The molecule has 1 N–H and O–H groups in total. The maximum Gasteiger partial charge on any atom is 0.271 e. The molecule has 0 fully saturated rings. The molecule has 7 nitrogen and oxygen atoms in total. The summed E-state index contributed by atoms with van der Waals surface area (Å²) in [5.41, 5.74) is 2.50. The number of benzene rings is 1. The molecule has 30 heavy (non-hydrogen) atoms. The number of rotatable bonds is 7. The van der Waals surface area contributed by atoms with Gasteiger partial charge < -0.3 is 19.5 Å². The van der Waals surface area contributed by atoms with Crippen molar-refractivity contribution in [3.63, 3.8) is 0 Å². The summed E-state index contributed by atoms with van der Waals surface area (Å²) in [6.07, 6.45) is 5.64. The molecule has 0 saturated heterocycles. The molecule has 1 unspecified atom stereocenters. The first-order valence-electron chi connectivity index (χ1n) is 9.88. The normalized spacial score (nSPS) is 15.6. The van der Waals surface area contributed by atoms with Gasteiger partial charge in [0.2, 0.25) is 5.91 Å². The van der Waals surface area contributed by atoms with Crippen molar-refractivity contribution in [3.05, 3.63) is 83.9 Å². The van der Waals surface area contributed by atoms with Crippen LogP contribution < -0.4 is 10.1 Å². The van der Waals surface area contributed by atoms with E-state index in [0.717, 1.165) is 16.9 Å². The molecule has 1 aromatic carbocycles. The molecule has 1 aliphatic rings. The predicted octanol–water partition coefficient (Wildman–Crippen LogP) is 2.28. The highest BCUT2D eigenvalue weighted by atomic mass is 16.5. The van der Waals surface area contributed by atoms with Gasteiger partial charge in [-0.25, -0.2) is 0 Å². The highest BCUT2D eigenvalue weighted by molar-refractivity contribution is 5.93. The minimum Gasteiger partial charge on any atom is -0.497 e. The zero-order chi connectivity index (χ0) is 20.9. The van der Waals surface area contributed by atoms with E-state index >= 15 is 0 Å². The lowest BCUT2D eigenvalue weighted by atomic mass is 10.1. The number of aromatic nitrogens is 2. The Bertz CT molecular complexity index is 1030. The molecule has 2 amide bonds. The summed E-state index contributed by atoms with van der Waals surface area (Å²) >= 11 is 0. The fraction of sp³-hybridized carbons (Fsp3) is 0.261. The van der Waals surface area contributed by atoms with Gasteiger partial charge >= 0.3 is 0 Å². The van der Waals surface area contributed by atoms with Crippen LogP contribution in [0.15, 0.2) is 67.1 Å². The lowest BCUT2D eigenvalue weighted by Crippen LogP contribution is -2.52. The lowest BCUT2D eigenvalue weighted by Gasteiger charge is -2.36. The van der Waals surface area contributed by atoms with E-state index in [1.807, 2.05) is 64.2 Å². The summed E-state index contributed by atoms with van der Waals surface area (Å²) in [6, 6.07) is 14.8. The number of amides is 2. The Hall–Kier alpha value is -3.61. The van der Waals surface area contributed by atoms with Crippen LogP contribution in [0.25, 0.3) is 0 Å². The second-order valence-electron chi connectivity index (χ2n) is 7.33. The standard InChI is InChI=1S/C23H24N4O3/c1-30-20-7-2-5-17(11-20)12-22(28)25-14-19-16-26-10-4-8-21(26)23(29)27(19)15-18-6-3-9-24-13-18/h2-11,13,19H,12,14-16H2,1H3,(H,25,28). The number of carbonyl (C=O) groups is 2. The van der Waals surface area contributed by atoms with Crippen LogP contribution in [0, 0.1) is 0 Å². The smallest absolute Gasteiger partial charge is 0.271 e. The van der Waals surface area contributed by atoms with Crippen LogP contribution in [-0.2, 0) is 24.3 Å². The van der Waals surface area contributed by atoms with E-state index in [-0.39, 0.29) is 24.3 Å². The van der Waals surface area contributed by atoms with E-state index in [2.05, 4.69) is 10.3 Å². The molecule has 0 bridgehead atoms. The first-order valence-corrected chi connectivity index (χ1v) is 9.88. The minimum atomic E-state index is -0.146. The molecule has 0 radical (unpaired) electrons. The molecular formula is C23H24N4O3. The minimum absolute atomic E-state index is 0.0397. The van der Waals surface area contributed by atoms with Crippen LogP contribution in [-0.4, -0.2) is 46.0 Å². The fourth-order valence-corrected chi connectivity index (χ4v) is 3.73. The zero-order valence-electron chi connectivity index (χ0n) is 16.8. The predicted molar refractivity (Wildman–Crippen MR) is 112 cm³/mol. The Labute approximate surface area is 175 Å². The van der Waals surface area contributed by atoms with Gasteiger partial charge in [-0.15, -0.1) is 0 Å². The van der Waals surface area contributed by atoms with Crippen molar-refractivity contribution in [3.8, 4) is 5.75 Å². The van der Waals surface area contributed by atoms with Gasteiger partial charge in [-0.1, -0.05) is 18.2 Å². The van der Waals surface area contributed by atoms with Crippen molar-refractivity contribution in [2.45, 2.75) is 25.6 Å². The average molecular weight is 404 g/mol. The summed E-state index contributed by atoms with van der Waals surface area (Å²) in [5.74, 6) is 0.596. The van der Waals surface area contributed by atoms with Gasteiger partial charge in [0, 0.05) is 38.2 Å². The zero-order valence-corrected chi connectivity index (χ0v) is 16.8. The number of nitrogens with one attached hydrogen (secondary N) is 1. The molecule has 154 valence electrons. The largest absolute Gasteiger partial charge is 0.497 e. The van der Waals surface area contributed by atoms with Crippen molar-refractivity contribution < 1.29 is 14.3 Å². The highest BCUT2D eigenvalue weighted by Crippen LogP contribution is 2.20. The second kappa shape index (κ2) is 8.82. The number of ether oxygens (including phenoxy) is 1. The van der Waals surface area contributed by atoms with E-state index in [1.165, 1.54) is 0 Å². The number of carbonyl (C=O) groups excluding carboxylic acids is 2. The highest BCUT2D eigenvalue weighted by Gasteiger charge is 2.32. The molecule has 7 heteroatoms. The number of hydrogen-bond donors (Lipinski definition) is 1. The Morgan fingerprint density at radius 1 is 1.20 bits per heavy atom. The second-order valence-corrected chi connectivity index (χ2v) is 7.33. The third kappa shape index (κ3) is 4.35. The third-order valence-electron chi connectivity index (χ3n) is 5.27. The van der Waals surface area contributed by atoms with E-state index in [0.29, 0.717) is 25.3 Å². The van der Waals surface area contributed by atoms with E-state index in [4.69, 9.17) is 4.74 Å². The van der Waals surface area contributed by atoms with Gasteiger partial charge in [0.15, 0.2) is 0 Å². The number of hydrogen-bond acceptors (Lipinski definition) is 4. The Balaban J connectivity index is 1.45. The maximum atomic E-state index is 13.1. The first kappa shape index (κ1) is 19.7. The van der Waals surface area contributed by atoms with Gasteiger partial charge in [-0.05, 0) is 41.5 Å². The molecular weight excluding hydrogens is 380 g/mol. The Morgan fingerprint density at radius 2 is 2.07 bits per heavy atom. The fourth-order valence-electron chi connectivity index (χ4n) is 3.73. The average Bonchev–Trinajstić information content (AvgIpc) is 3.24. The number of pyridine rings is 1. The van der Waals surface area contributed by atoms with Crippen LogP contribution in [0.2, 0.25) is 0 Å². The van der Waals surface area contributed by atoms with Gasteiger partial charge in [-0.3, -0.25) is 14.6 Å². The van der Waals surface area contributed by atoms with Crippen LogP contribution in [0.4, 0.5) is 0 Å². The SMILES string of the molecule is COc1cccc(CC(=O)NCC2Cn3cccc3C(=O)N2Cc2cccnc2)c1. The number of methoxy groups -OCH3 is 1. The molecule has 0 spiro atoms. The first-order chi connectivity index (χ1) is 14.6. The molecule has 0 saturated carbocycles. The Kier molecular flexibility index (Phi) is 5.79. The monoisotopic (exact) mass is 404 g/mol. The van der Waals surface area contributed by atoms with Crippen LogP contribution >= 0.6 is 0 Å². The molecule has 0 aliphatic carbocycles. The van der Waals surface area contributed by atoms with Crippen LogP contribution in [0.3, 0.4) is 0 Å². The molecule has 1 aliphatic heterocycles. The van der Waals surface area contributed by atoms with Gasteiger partial charge in [0.25, 0.3) is 5.91 Å². The molecule has 3 aromatic rings. The topological polar surface area (TPSA) is 76.5 Å². The summed E-state index contributed by atoms with van der Waals surface area (Å²) in [7, 11) is 1.60. The van der Waals surface area contributed by atoms with Crippen molar-refractivity contribution >= 4 is 11.8 Å². The number of fused-ring (bicyclic) bond motifs is 1. The van der Waals surface area contributed by atoms with E-state index < -0.39 is 0 Å². The maximum absolute atomic E-state index is 13.1. The molecule has 3 heterocycles. The van der Waals surface area contributed by atoms with E-state index in [9.17, 15) is 9.59 Å². The van der Waals surface area contributed by atoms with Gasteiger partial charge in [0.1, 0.15) is 11.4 Å². The molecule has 2 aromatic heterocycles. The van der Waals surface area contributed by atoms with Gasteiger partial charge in [-0.2, -0.15) is 0 Å². The van der Waals surface area contributed by atoms with Crippen LogP contribution in [0.1, 0.15) is 21.6 Å². The van der Waals surface area contributed by atoms with Crippen molar-refractivity contribution in [1.82, 2.24) is 19.8 Å². The molecule has 1 atom stereocenters. The van der Waals surface area contributed by atoms with E-state index in [1.54, 1.807) is 19.5 Å². The third-order valence-corrected chi connectivity index (χ3v) is 5.27. The van der Waals surface area contributed by atoms with Gasteiger partial charge in [0.05, 0.1) is 19.6 Å². The Morgan fingerprint density at radius 3 is 2.87 bits per heavy atom. The van der Waals surface area contributed by atoms with Crippen LogP contribution in [0.5, 0.6) is 5.75 Å².